The maximum absolute atomic E-state index is 10.7. The second-order valence-electron chi connectivity index (χ2n) is 2.90. The summed E-state index contributed by atoms with van der Waals surface area (Å²) in [7, 11) is 0. The van der Waals surface area contributed by atoms with Gasteiger partial charge in [0.2, 0.25) is 0 Å². The molecule has 0 saturated carbocycles. The van der Waals surface area contributed by atoms with Crippen LogP contribution >= 0.6 is 0 Å². The van der Waals surface area contributed by atoms with E-state index in [4.69, 9.17) is 0 Å². The van der Waals surface area contributed by atoms with Crippen molar-refractivity contribution in [3.63, 3.8) is 0 Å². The molecule has 0 saturated heterocycles. The maximum atomic E-state index is 10.7. The van der Waals surface area contributed by atoms with Gasteiger partial charge < -0.3 is 4.98 Å². The maximum Gasteiger partial charge on any atom is 0.297 e. The van der Waals surface area contributed by atoms with E-state index < -0.39 is 0 Å². The molecule has 0 aliphatic carbocycles. The van der Waals surface area contributed by atoms with Gasteiger partial charge in [0.1, 0.15) is 0 Å². The first-order valence-corrected chi connectivity index (χ1v) is 4.92. The third kappa shape index (κ3) is 1.98. The van der Waals surface area contributed by atoms with Crippen LogP contribution < -0.4 is 0 Å². The zero-order valence-corrected chi connectivity index (χ0v) is 9.07. The summed E-state index contributed by atoms with van der Waals surface area (Å²) in [5.74, 6) is 0. The zero-order chi connectivity index (χ0) is 11.4. The number of nitrogens with zero attached hydrogens (tertiary/aromatic N) is 1. The molecule has 0 unspecified atom stereocenters. The molecule has 0 bridgehead atoms. The highest BCUT2D eigenvalue weighted by Gasteiger charge is 2.17. The fourth-order valence-corrected chi connectivity index (χ4v) is 1.50. The Bertz CT molecular complexity index is 474. The number of nitro groups is 1. The van der Waals surface area contributed by atoms with Gasteiger partial charge in [-0.1, -0.05) is 26.0 Å². The van der Waals surface area contributed by atoms with Gasteiger partial charge in [-0.05, 0) is 19.1 Å². The number of nitrogens with one attached hydrogen (secondary N) is 1. The lowest BCUT2D eigenvalue weighted by Crippen LogP contribution is -1.87. The predicted octanol–water partition coefficient (Wildman–Crippen LogP) is 3.41. The summed E-state index contributed by atoms with van der Waals surface area (Å²) in [6.45, 7) is 5.71. The Labute approximate surface area is 88.1 Å². The van der Waals surface area contributed by atoms with Crippen LogP contribution in [0.1, 0.15) is 19.5 Å². The lowest BCUT2D eigenvalue weighted by atomic mass is 10.2. The third-order valence-electron chi connectivity index (χ3n) is 2.04. The molecule has 0 amide bonds. The van der Waals surface area contributed by atoms with E-state index in [0.29, 0.717) is 11.1 Å². The average molecular weight is 206 g/mol. The molecule has 4 heteroatoms. The molecule has 1 aromatic carbocycles. The number of aryl methyl sites for hydroxylation is 1. The van der Waals surface area contributed by atoms with Gasteiger partial charge in [-0.25, -0.2) is 0 Å². The van der Waals surface area contributed by atoms with Crippen molar-refractivity contribution in [1.29, 1.82) is 0 Å². The minimum Gasteiger partial charge on any atom is -0.353 e. The van der Waals surface area contributed by atoms with E-state index in [1.165, 1.54) is 0 Å². The number of H-pyrrole nitrogens is 1. The van der Waals surface area contributed by atoms with E-state index >= 15 is 0 Å². The number of aromatic nitrogens is 1. The van der Waals surface area contributed by atoms with Crippen LogP contribution in [0.15, 0.2) is 24.3 Å². The molecular formula is C11H14N2O2. The van der Waals surface area contributed by atoms with Crippen LogP contribution in [0.3, 0.4) is 0 Å². The molecule has 1 heterocycles. The largest absolute Gasteiger partial charge is 0.353 e. The molecule has 1 aromatic heterocycles. The molecule has 0 radical (unpaired) electrons. The highest BCUT2D eigenvalue weighted by Crippen LogP contribution is 2.28. The number of hydrogen-bond donors (Lipinski definition) is 1. The van der Waals surface area contributed by atoms with E-state index in [0.717, 1.165) is 5.52 Å². The minimum atomic E-state index is -0.353. The molecule has 0 aliphatic heterocycles. The van der Waals surface area contributed by atoms with Crippen LogP contribution in [0, 0.1) is 17.0 Å². The number of hydrogen-bond acceptors (Lipinski definition) is 2. The summed E-state index contributed by atoms with van der Waals surface area (Å²) in [6, 6.07) is 7.22. The summed E-state index contributed by atoms with van der Waals surface area (Å²) < 4.78 is 0. The van der Waals surface area contributed by atoms with Gasteiger partial charge in [0.25, 0.3) is 5.69 Å². The standard InChI is InChI=1S/C9H8N2O2.C2H6/c1-6-9(11(12)13)7-4-2-3-5-8(7)10-6;1-2/h2-5,10H,1H3;1-2H3. The van der Waals surface area contributed by atoms with E-state index in [9.17, 15) is 10.1 Å². The van der Waals surface area contributed by atoms with Crippen molar-refractivity contribution in [2.24, 2.45) is 0 Å². The van der Waals surface area contributed by atoms with Crippen molar-refractivity contribution in [1.82, 2.24) is 4.98 Å². The highest BCUT2D eigenvalue weighted by atomic mass is 16.6. The number of rotatable bonds is 1. The smallest absolute Gasteiger partial charge is 0.297 e. The van der Waals surface area contributed by atoms with Gasteiger partial charge >= 0.3 is 0 Å². The van der Waals surface area contributed by atoms with Gasteiger partial charge in [0, 0.05) is 0 Å². The summed E-state index contributed by atoms with van der Waals surface area (Å²) in [4.78, 5) is 13.3. The van der Waals surface area contributed by atoms with Crippen molar-refractivity contribution < 1.29 is 4.92 Å². The van der Waals surface area contributed by atoms with Crippen molar-refractivity contribution in [2.45, 2.75) is 20.8 Å². The molecule has 80 valence electrons. The van der Waals surface area contributed by atoms with E-state index in [2.05, 4.69) is 4.98 Å². The van der Waals surface area contributed by atoms with Gasteiger partial charge in [-0.15, -0.1) is 0 Å². The Morgan fingerprint density at radius 1 is 1.27 bits per heavy atom. The second-order valence-corrected chi connectivity index (χ2v) is 2.90. The monoisotopic (exact) mass is 206 g/mol. The first kappa shape index (κ1) is 11.2. The van der Waals surface area contributed by atoms with Crippen molar-refractivity contribution in [3.8, 4) is 0 Å². The van der Waals surface area contributed by atoms with E-state index in [1.54, 1.807) is 19.1 Å². The number of aromatic amines is 1. The summed E-state index contributed by atoms with van der Waals surface area (Å²) in [5.41, 5.74) is 1.59. The lowest BCUT2D eigenvalue weighted by molar-refractivity contribution is -0.383. The Morgan fingerprint density at radius 3 is 2.47 bits per heavy atom. The van der Waals surface area contributed by atoms with Gasteiger partial charge in [0.05, 0.1) is 21.5 Å². The molecule has 2 rings (SSSR count). The topological polar surface area (TPSA) is 58.9 Å². The summed E-state index contributed by atoms with van der Waals surface area (Å²) in [6.07, 6.45) is 0. The summed E-state index contributed by atoms with van der Waals surface area (Å²) >= 11 is 0. The Hall–Kier alpha value is -1.84. The molecular weight excluding hydrogens is 192 g/mol. The Morgan fingerprint density at radius 2 is 1.87 bits per heavy atom. The fourth-order valence-electron chi connectivity index (χ4n) is 1.50. The van der Waals surface area contributed by atoms with Crippen LogP contribution in [-0.2, 0) is 0 Å². The third-order valence-corrected chi connectivity index (χ3v) is 2.04. The average Bonchev–Trinajstić information content (AvgIpc) is 2.56. The molecule has 0 atom stereocenters. The Balaban J connectivity index is 0.000000531. The van der Waals surface area contributed by atoms with Crippen LogP contribution in [-0.4, -0.2) is 9.91 Å². The molecule has 0 aliphatic rings. The number of fused-ring (bicyclic) bond motifs is 1. The predicted molar refractivity (Wildman–Crippen MR) is 61.0 cm³/mol. The van der Waals surface area contributed by atoms with Crippen LogP contribution in [0.4, 0.5) is 5.69 Å². The molecule has 0 spiro atoms. The number of benzene rings is 1. The van der Waals surface area contributed by atoms with Crippen LogP contribution in [0.25, 0.3) is 10.9 Å². The quantitative estimate of drug-likeness (QED) is 0.574. The fraction of sp³-hybridized carbons (Fsp3) is 0.273. The van der Waals surface area contributed by atoms with Crippen molar-refractivity contribution >= 4 is 16.6 Å². The van der Waals surface area contributed by atoms with Crippen LogP contribution in [0.5, 0.6) is 0 Å². The van der Waals surface area contributed by atoms with Crippen LogP contribution in [0.2, 0.25) is 0 Å². The van der Waals surface area contributed by atoms with Gasteiger partial charge in [0.15, 0.2) is 0 Å². The van der Waals surface area contributed by atoms with Crippen molar-refractivity contribution in [3.05, 3.63) is 40.1 Å². The lowest BCUT2D eigenvalue weighted by Gasteiger charge is -1.88. The first-order chi connectivity index (χ1) is 7.20. The minimum absolute atomic E-state index is 0.176. The van der Waals surface area contributed by atoms with Crippen molar-refractivity contribution in [2.75, 3.05) is 0 Å². The summed E-state index contributed by atoms with van der Waals surface area (Å²) in [5, 5.41) is 11.4. The zero-order valence-electron chi connectivity index (χ0n) is 9.07. The SMILES string of the molecule is CC.Cc1[nH]c2ccccc2c1[N+](=O)[O-]. The van der Waals surface area contributed by atoms with Gasteiger partial charge in [-0.2, -0.15) is 0 Å². The molecule has 2 aromatic rings. The van der Waals surface area contributed by atoms with Gasteiger partial charge in [-0.3, -0.25) is 10.1 Å². The molecule has 1 N–H and O–H groups in total. The highest BCUT2D eigenvalue weighted by molar-refractivity contribution is 5.90. The molecule has 4 nitrogen and oxygen atoms in total. The normalized spacial score (nSPS) is 9.53. The Kier molecular flexibility index (Phi) is 3.44. The molecule has 0 fully saturated rings. The van der Waals surface area contributed by atoms with E-state index in [1.807, 2.05) is 26.0 Å². The second kappa shape index (κ2) is 4.59. The number of para-hydroxylation sites is 1. The first-order valence-electron chi connectivity index (χ1n) is 4.92. The van der Waals surface area contributed by atoms with E-state index in [-0.39, 0.29) is 10.6 Å². The molecule has 15 heavy (non-hydrogen) atoms.